The van der Waals surface area contributed by atoms with Crippen molar-refractivity contribution in [1.29, 1.82) is 0 Å². The van der Waals surface area contributed by atoms with Gasteiger partial charge in [0.25, 0.3) is 5.91 Å². The van der Waals surface area contributed by atoms with Crippen molar-refractivity contribution in [2.45, 2.75) is 25.8 Å². The number of amides is 1. The molecule has 1 heterocycles. The SMILES string of the molecule is Cc1ccc(C(=O)N2CCN(C3CC3)CC2)c(NN)c1. The highest BCUT2D eigenvalue weighted by Gasteiger charge is 2.32. The first-order chi connectivity index (χ1) is 9.69. The summed E-state index contributed by atoms with van der Waals surface area (Å²) in [4.78, 5) is 17.0. The van der Waals surface area contributed by atoms with E-state index in [2.05, 4.69) is 10.3 Å². The van der Waals surface area contributed by atoms with Gasteiger partial charge in [-0.15, -0.1) is 0 Å². The van der Waals surface area contributed by atoms with Gasteiger partial charge in [0.2, 0.25) is 0 Å². The molecule has 0 unspecified atom stereocenters. The minimum absolute atomic E-state index is 0.0772. The van der Waals surface area contributed by atoms with Crippen molar-refractivity contribution in [2.75, 3.05) is 31.6 Å². The molecule has 1 saturated heterocycles. The second kappa shape index (κ2) is 5.42. The van der Waals surface area contributed by atoms with Gasteiger partial charge in [0.05, 0.1) is 11.3 Å². The molecule has 0 spiro atoms. The van der Waals surface area contributed by atoms with Crippen molar-refractivity contribution in [3.05, 3.63) is 29.3 Å². The number of piperazine rings is 1. The molecule has 3 rings (SSSR count). The highest BCUT2D eigenvalue weighted by molar-refractivity contribution is 5.99. The van der Waals surface area contributed by atoms with E-state index in [1.54, 1.807) is 0 Å². The lowest BCUT2D eigenvalue weighted by Crippen LogP contribution is -2.49. The molecule has 1 aromatic rings. The van der Waals surface area contributed by atoms with Crippen molar-refractivity contribution in [2.24, 2.45) is 5.84 Å². The zero-order chi connectivity index (χ0) is 14.1. The predicted molar refractivity (Wildman–Crippen MR) is 79.5 cm³/mol. The Hall–Kier alpha value is -1.59. The lowest BCUT2D eigenvalue weighted by molar-refractivity contribution is 0.0628. The van der Waals surface area contributed by atoms with Crippen LogP contribution in [-0.4, -0.2) is 47.9 Å². The lowest BCUT2D eigenvalue weighted by Gasteiger charge is -2.35. The summed E-state index contributed by atoms with van der Waals surface area (Å²) in [6.45, 7) is 5.60. The number of aryl methyl sites for hydroxylation is 1. The normalized spacial score (nSPS) is 20.0. The number of anilines is 1. The van der Waals surface area contributed by atoms with Crippen LogP contribution in [0.1, 0.15) is 28.8 Å². The largest absolute Gasteiger partial charge is 0.336 e. The summed E-state index contributed by atoms with van der Waals surface area (Å²) in [6.07, 6.45) is 2.65. The number of nitrogens with two attached hydrogens (primary N) is 1. The van der Waals surface area contributed by atoms with Crippen LogP contribution in [0.2, 0.25) is 0 Å². The maximum Gasteiger partial charge on any atom is 0.256 e. The molecule has 2 aliphatic rings. The number of carbonyl (C=O) groups excluding carboxylic acids is 1. The fourth-order valence-electron chi connectivity index (χ4n) is 2.86. The van der Waals surface area contributed by atoms with Crippen molar-refractivity contribution in [3.8, 4) is 0 Å². The van der Waals surface area contributed by atoms with Gasteiger partial charge in [0.15, 0.2) is 0 Å². The Kier molecular flexibility index (Phi) is 3.63. The fraction of sp³-hybridized carbons (Fsp3) is 0.533. The molecule has 1 aliphatic heterocycles. The molecule has 1 saturated carbocycles. The Balaban J connectivity index is 1.69. The third-order valence-electron chi connectivity index (χ3n) is 4.23. The monoisotopic (exact) mass is 274 g/mol. The van der Waals surface area contributed by atoms with Crippen LogP contribution in [0.15, 0.2) is 18.2 Å². The van der Waals surface area contributed by atoms with Crippen LogP contribution in [0, 0.1) is 6.92 Å². The van der Waals surface area contributed by atoms with E-state index < -0.39 is 0 Å². The summed E-state index contributed by atoms with van der Waals surface area (Å²) >= 11 is 0. The Labute approximate surface area is 119 Å². The van der Waals surface area contributed by atoms with Gasteiger partial charge in [0.1, 0.15) is 0 Å². The minimum atomic E-state index is 0.0772. The van der Waals surface area contributed by atoms with Gasteiger partial charge in [-0.1, -0.05) is 6.07 Å². The third kappa shape index (κ3) is 2.64. The predicted octanol–water partition coefficient (Wildman–Crippen LogP) is 1.20. The first-order valence-corrected chi connectivity index (χ1v) is 7.29. The molecule has 3 N–H and O–H groups in total. The van der Waals surface area contributed by atoms with E-state index in [9.17, 15) is 4.79 Å². The number of rotatable bonds is 3. The number of benzene rings is 1. The molecule has 108 valence electrons. The van der Waals surface area contributed by atoms with E-state index >= 15 is 0 Å². The molecule has 5 heteroatoms. The third-order valence-corrected chi connectivity index (χ3v) is 4.23. The minimum Gasteiger partial charge on any atom is -0.336 e. The molecular formula is C15H22N4O. The summed E-state index contributed by atoms with van der Waals surface area (Å²) in [5, 5.41) is 0. The van der Waals surface area contributed by atoms with Crippen molar-refractivity contribution < 1.29 is 4.79 Å². The van der Waals surface area contributed by atoms with Gasteiger partial charge in [-0.2, -0.15) is 0 Å². The quantitative estimate of drug-likeness (QED) is 0.642. The molecule has 0 atom stereocenters. The zero-order valence-electron chi connectivity index (χ0n) is 11.9. The Bertz CT molecular complexity index is 505. The molecule has 1 aliphatic carbocycles. The first kappa shape index (κ1) is 13.4. The average Bonchev–Trinajstić information content (AvgIpc) is 3.31. The molecule has 1 amide bonds. The summed E-state index contributed by atoms with van der Waals surface area (Å²) in [6, 6.07) is 6.51. The molecular weight excluding hydrogens is 252 g/mol. The number of carbonyl (C=O) groups is 1. The number of hydrogen-bond acceptors (Lipinski definition) is 4. The van der Waals surface area contributed by atoms with Gasteiger partial charge in [0, 0.05) is 32.2 Å². The molecule has 2 fully saturated rings. The van der Waals surface area contributed by atoms with Crippen LogP contribution in [0.25, 0.3) is 0 Å². The van der Waals surface area contributed by atoms with Crippen molar-refractivity contribution in [1.82, 2.24) is 9.80 Å². The summed E-state index contributed by atoms with van der Waals surface area (Å²) in [5.74, 6) is 5.61. The van der Waals surface area contributed by atoms with E-state index in [4.69, 9.17) is 5.84 Å². The maximum atomic E-state index is 12.6. The van der Waals surface area contributed by atoms with Crippen molar-refractivity contribution in [3.63, 3.8) is 0 Å². The van der Waals surface area contributed by atoms with Crippen LogP contribution in [0.5, 0.6) is 0 Å². The highest BCUT2D eigenvalue weighted by Crippen LogP contribution is 2.28. The van der Waals surface area contributed by atoms with Gasteiger partial charge < -0.3 is 10.3 Å². The Morgan fingerprint density at radius 2 is 1.95 bits per heavy atom. The average molecular weight is 274 g/mol. The van der Waals surface area contributed by atoms with Crippen molar-refractivity contribution >= 4 is 11.6 Å². The summed E-state index contributed by atoms with van der Waals surface area (Å²) in [5.41, 5.74) is 5.10. The molecule has 20 heavy (non-hydrogen) atoms. The van der Waals surface area contributed by atoms with E-state index in [-0.39, 0.29) is 5.91 Å². The molecule has 5 nitrogen and oxygen atoms in total. The number of nitrogens with one attached hydrogen (secondary N) is 1. The number of nitrogens with zero attached hydrogens (tertiary/aromatic N) is 2. The lowest BCUT2D eigenvalue weighted by atomic mass is 10.1. The van der Waals surface area contributed by atoms with Crippen LogP contribution in [0.3, 0.4) is 0 Å². The zero-order valence-corrected chi connectivity index (χ0v) is 11.9. The van der Waals surface area contributed by atoms with Crippen LogP contribution < -0.4 is 11.3 Å². The molecule has 0 bridgehead atoms. The number of hydrazine groups is 1. The van der Waals surface area contributed by atoms with Crippen LogP contribution in [0.4, 0.5) is 5.69 Å². The number of hydrogen-bond donors (Lipinski definition) is 2. The smallest absolute Gasteiger partial charge is 0.256 e. The fourth-order valence-corrected chi connectivity index (χ4v) is 2.86. The summed E-state index contributed by atoms with van der Waals surface area (Å²) in [7, 11) is 0. The number of nitrogen functional groups attached to an aromatic ring is 1. The maximum absolute atomic E-state index is 12.6. The Morgan fingerprint density at radius 1 is 1.25 bits per heavy atom. The molecule has 0 radical (unpaired) electrons. The van der Waals surface area contributed by atoms with Gasteiger partial charge >= 0.3 is 0 Å². The van der Waals surface area contributed by atoms with E-state index in [0.29, 0.717) is 11.3 Å². The van der Waals surface area contributed by atoms with E-state index in [1.807, 2.05) is 30.0 Å². The molecule has 0 aromatic heterocycles. The standard InChI is InChI=1S/C15H22N4O/c1-11-2-5-13(14(10-11)17-16)15(20)19-8-6-18(7-9-19)12-3-4-12/h2,5,10,12,17H,3-4,6-9,16H2,1H3. The topological polar surface area (TPSA) is 61.6 Å². The van der Waals surface area contributed by atoms with Gasteiger partial charge in [-0.3, -0.25) is 15.5 Å². The second-order valence-electron chi connectivity index (χ2n) is 5.75. The van der Waals surface area contributed by atoms with Crippen LogP contribution in [-0.2, 0) is 0 Å². The molecule has 1 aromatic carbocycles. The Morgan fingerprint density at radius 3 is 2.55 bits per heavy atom. The first-order valence-electron chi connectivity index (χ1n) is 7.29. The van der Waals surface area contributed by atoms with E-state index in [0.717, 1.165) is 37.8 Å². The highest BCUT2D eigenvalue weighted by atomic mass is 16.2. The van der Waals surface area contributed by atoms with Gasteiger partial charge in [-0.05, 0) is 37.5 Å². The summed E-state index contributed by atoms with van der Waals surface area (Å²) < 4.78 is 0. The second-order valence-corrected chi connectivity index (χ2v) is 5.75. The van der Waals surface area contributed by atoms with Gasteiger partial charge in [-0.25, -0.2) is 0 Å². The van der Waals surface area contributed by atoms with Crippen LogP contribution >= 0.6 is 0 Å². The van der Waals surface area contributed by atoms with E-state index in [1.165, 1.54) is 12.8 Å².